The molecule has 1 aromatic rings. The number of carboxylic acid groups (broad SMARTS) is 1. The molecule has 102 valence electrons. The highest BCUT2D eigenvalue weighted by atomic mass is 16.5. The molecule has 7 heteroatoms. The van der Waals surface area contributed by atoms with E-state index in [1.165, 1.54) is 0 Å². The molecule has 1 aromatic carbocycles. The molecule has 0 spiro atoms. The van der Waals surface area contributed by atoms with Gasteiger partial charge in [0.05, 0.1) is 13.7 Å². The molecule has 0 heterocycles. The molecule has 1 amide bonds. The first kappa shape index (κ1) is 16.0. The minimum atomic E-state index is -1.33. The summed E-state index contributed by atoms with van der Waals surface area (Å²) >= 11 is 0. The van der Waals surface area contributed by atoms with Crippen molar-refractivity contribution in [3.8, 4) is 11.5 Å². The standard InChI is InChI=1S/C10H14O4.CH3NO2/c1-13-9-4-2-3-5-10(9)14-7-8(12)6-11;2-1(3)4/h2-5,8,11-12H,6-7H2,1H3;2H2,(H,3,4). The Morgan fingerprint density at radius 3 is 2.33 bits per heavy atom. The normalized spacial score (nSPS) is 10.8. The number of ether oxygens (including phenoxy) is 2. The summed E-state index contributed by atoms with van der Waals surface area (Å²) in [4.78, 5) is 8.78. The number of methoxy groups -OCH3 is 1. The molecule has 0 bridgehead atoms. The lowest BCUT2D eigenvalue weighted by Crippen LogP contribution is -2.21. The van der Waals surface area contributed by atoms with E-state index in [9.17, 15) is 0 Å². The van der Waals surface area contributed by atoms with Gasteiger partial charge in [-0.1, -0.05) is 12.1 Å². The van der Waals surface area contributed by atoms with E-state index >= 15 is 0 Å². The van der Waals surface area contributed by atoms with Gasteiger partial charge in [0.2, 0.25) is 0 Å². The Hall–Kier alpha value is -1.99. The van der Waals surface area contributed by atoms with Crippen LogP contribution in [0.2, 0.25) is 0 Å². The van der Waals surface area contributed by atoms with Crippen LogP contribution in [0.1, 0.15) is 0 Å². The minimum Gasteiger partial charge on any atom is -0.493 e. The van der Waals surface area contributed by atoms with Crippen molar-refractivity contribution in [1.29, 1.82) is 0 Å². The van der Waals surface area contributed by atoms with Gasteiger partial charge in [0.15, 0.2) is 11.5 Å². The number of hydrogen-bond donors (Lipinski definition) is 4. The fraction of sp³-hybridized carbons (Fsp3) is 0.364. The van der Waals surface area contributed by atoms with Gasteiger partial charge in [0, 0.05) is 0 Å². The van der Waals surface area contributed by atoms with Crippen molar-refractivity contribution in [2.45, 2.75) is 6.10 Å². The molecule has 0 saturated heterocycles. The second-order valence-corrected chi connectivity index (χ2v) is 3.14. The van der Waals surface area contributed by atoms with Crippen LogP contribution in [0, 0.1) is 0 Å². The summed E-state index contributed by atoms with van der Waals surface area (Å²) in [5.41, 5.74) is 4.03. The molecule has 1 atom stereocenters. The molecule has 0 radical (unpaired) electrons. The minimum absolute atomic E-state index is 0.0525. The number of aliphatic hydroxyl groups is 2. The average molecular weight is 259 g/mol. The largest absolute Gasteiger partial charge is 0.493 e. The Kier molecular flexibility index (Phi) is 8.08. The topological polar surface area (TPSA) is 122 Å². The van der Waals surface area contributed by atoms with Crippen molar-refractivity contribution in [1.82, 2.24) is 0 Å². The highest BCUT2D eigenvalue weighted by Gasteiger charge is 2.06. The van der Waals surface area contributed by atoms with E-state index in [1.54, 1.807) is 19.2 Å². The fourth-order valence-corrected chi connectivity index (χ4v) is 0.977. The van der Waals surface area contributed by atoms with Gasteiger partial charge in [0.25, 0.3) is 0 Å². The van der Waals surface area contributed by atoms with Crippen LogP contribution in [-0.4, -0.2) is 47.8 Å². The summed E-state index contributed by atoms with van der Waals surface area (Å²) in [6.07, 6.45) is -2.19. The first-order valence-corrected chi connectivity index (χ1v) is 5.04. The third-order valence-electron chi connectivity index (χ3n) is 1.71. The molecule has 0 aliphatic heterocycles. The SMILES string of the molecule is COc1ccccc1OCC(O)CO.NC(=O)O. The number of amides is 1. The van der Waals surface area contributed by atoms with Crippen LogP contribution in [0.5, 0.6) is 11.5 Å². The Balaban J connectivity index is 0.000000631. The van der Waals surface area contributed by atoms with E-state index in [2.05, 4.69) is 5.73 Å². The smallest absolute Gasteiger partial charge is 0.402 e. The summed E-state index contributed by atoms with van der Waals surface area (Å²) in [7, 11) is 1.55. The molecular weight excluding hydrogens is 242 g/mol. The van der Waals surface area contributed by atoms with Gasteiger partial charge in [0.1, 0.15) is 12.7 Å². The van der Waals surface area contributed by atoms with Crippen molar-refractivity contribution < 1.29 is 29.6 Å². The van der Waals surface area contributed by atoms with E-state index in [1.807, 2.05) is 12.1 Å². The van der Waals surface area contributed by atoms with E-state index in [0.717, 1.165) is 0 Å². The zero-order valence-electron chi connectivity index (χ0n) is 9.94. The molecule has 0 fully saturated rings. The van der Waals surface area contributed by atoms with Crippen LogP contribution in [0.15, 0.2) is 24.3 Å². The number of aliphatic hydroxyl groups excluding tert-OH is 2. The Morgan fingerprint density at radius 1 is 1.39 bits per heavy atom. The second-order valence-electron chi connectivity index (χ2n) is 3.14. The third-order valence-corrected chi connectivity index (χ3v) is 1.71. The predicted molar refractivity (Wildman–Crippen MR) is 63.8 cm³/mol. The molecule has 0 saturated carbocycles. The van der Waals surface area contributed by atoms with Crippen molar-refractivity contribution in [2.24, 2.45) is 5.73 Å². The van der Waals surface area contributed by atoms with Gasteiger partial charge >= 0.3 is 6.09 Å². The Morgan fingerprint density at radius 2 is 1.89 bits per heavy atom. The Labute approximate surface area is 104 Å². The Bertz CT molecular complexity index is 353. The van der Waals surface area contributed by atoms with Crippen LogP contribution >= 0.6 is 0 Å². The van der Waals surface area contributed by atoms with Crippen molar-refractivity contribution in [3.63, 3.8) is 0 Å². The maximum Gasteiger partial charge on any atom is 0.402 e. The summed E-state index contributed by atoms with van der Waals surface area (Å²) in [6.45, 7) is -0.258. The molecule has 0 aliphatic carbocycles. The first-order chi connectivity index (χ1) is 8.51. The predicted octanol–water partition coefficient (Wildman–Crippen LogP) is 0.0503. The van der Waals surface area contributed by atoms with Gasteiger partial charge in [-0.3, -0.25) is 0 Å². The monoisotopic (exact) mass is 259 g/mol. The second kappa shape index (κ2) is 9.08. The number of rotatable bonds is 5. The molecule has 0 aliphatic rings. The van der Waals surface area contributed by atoms with Crippen LogP contribution in [0.25, 0.3) is 0 Å². The molecule has 18 heavy (non-hydrogen) atoms. The van der Waals surface area contributed by atoms with Gasteiger partial charge in [-0.25, -0.2) is 4.79 Å². The van der Waals surface area contributed by atoms with E-state index in [-0.39, 0.29) is 13.2 Å². The number of carbonyl (C=O) groups is 1. The lowest BCUT2D eigenvalue weighted by Gasteiger charge is -2.12. The summed E-state index contributed by atoms with van der Waals surface area (Å²) in [5, 5.41) is 24.8. The van der Waals surface area contributed by atoms with Gasteiger partial charge in [-0.15, -0.1) is 0 Å². The molecule has 1 unspecified atom stereocenters. The first-order valence-electron chi connectivity index (χ1n) is 5.04. The van der Waals surface area contributed by atoms with Crippen LogP contribution in [0.3, 0.4) is 0 Å². The zero-order chi connectivity index (χ0) is 14.0. The van der Waals surface area contributed by atoms with Gasteiger partial charge in [-0.2, -0.15) is 0 Å². The molecule has 5 N–H and O–H groups in total. The zero-order valence-corrected chi connectivity index (χ0v) is 9.94. The number of primary amides is 1. The highest BCUT2D eigenvalue weighted by Crippen LogP contribution is 2.25. The van der Waals surface area contributed by atoms with Crippen LogP contribution in [-0.2, 0) is 0 Å². The van der Waals surface area contributed by atoms with Gasteiger partial charge < -0.3 is 30.5 Å². The highest BCUT2D eigenvalue weighted by molar-refractivity contribution is 5.61. The number of hydrogen-bond acceptors (Lipinski definition) is 5. The lowest BCUT2D eigenvalue weighted by atomic mass is 10.3. The average Bonchev–Trinajstić information content (AvgIpc) is 2.35. The summed E-state index contributed by atoms with van der Waals surface area (Å²) in [6, 6.07) is 7.14. The third kappa shape index (κ3) is 7.31. The van der Waals surface area contributed by atoms with E-state index < -0.39 is 12.2 Å². The van der Waals surface area contributed by atoms with Crippen molar-refractivity contribution in [3.05, 3.63) is 24.3 Å². The number of nitrogens with two attached hydrogens (primary N) is 1. The molecule has 1 rings (SSSR count). The van der Waals surface area contributed by atoms with E-state index in [0.29, 0.717) is 11.5 Å². The molecular formula is C11H17NO6. The van der Waals surface area contributed by atoms with Crippen LogP contribution < -0.4 is 15.2 Å². The number of para-hydroxylation sites is 2. The van der Waals surface area contributed by atoms with Crippen LogP contribution in [0.4, 0.5) is 4.79 Å². The van der Waals surface area contributed by atoms with Crippen molar-refractivity contribution >= 4 is 6.09 Å². The molecule has 7 nitrogen and oxygen atoms in total. The lowest BCUT2D eigenvalue weighted by molar-refractivity contribution is 0.0527. The maximum absolute atomic E-state index is 9.07. The molecule has 0 aromatic heterocycles. The fourth-order valence-electron chi connectivity index (χ4n) is 0.977. The van der Waals surface area contributed by atoms with E-state index in [4.69, 9.17) is 29.6 Å². The van der Waals surface area contributed by atoms with Gasteiger partial charge in [-0.05, 0) is 12.1 Å². The summed E-state index contributed by atoms with van der Waals surface area (Å²) in [5.74, 6) is 1.17. The number of benzene rings is 1. The quantitative estimate of drug-likeness (QED) is 0.592. The summed E-state index contributed by atoms with van der Waals surface area (Å²) < 4.78 is 10.3. The van der Waals surface area contributed by atoms with Crippen molar-refractivity contribution in [2.75, 3.05) is 20.3 Å². The maximum atomic E-state index is 9.07.